The number of amides is 1. The Bertz CT molecular complexity index is 560. The minimum Gasteiger partial charge on any atom is -0.339 e. The summed E-state index contributed by atoms with van der Waals surface area (Å²) in [4.78, 5) is 24.6. The number of nitrogens with one attached hydrogen (secondary N) is 1. The molecule has 2 fully saturated rings. The molecule has 23 heavy (non-hydrogen) atoms. The molecule has 1 amide bonds. The van der Waals surface area contributed by atoms with Crippen LogP contribution in [0.25, 0.3) is 0 Å². The molecule has 3 rings (SSSR count). The van der Waals surface area contributed by atoms with Crippen LogP contribution in [-0.4, -0.2) is 41.9 Å². The van der Waals surface area contributed by atoms with E-state index in [9.17, 15) is 14.9 Å². The van der Waals surface area contributed by atoms with Crippen molar-refractivity contribution in [2.75, 3.05) is 26.2 Å². The van der Waals surface area contributed by atoms with Crippen LogP contribution < -0.4 is 5.32 Å². The van der Waals surface area contributed by atoms with Crippen molar-refractivity contribution >= 4 is 24.0 Å². The van der Waals surface area contributed by atoms with Crippen molar-refractivity contribution in [1.82, 2.24) is 10.2 Å². The zero-order chi connectivity index (χ0) is 15.6. The molecule has 2 saturated heterocycles. The summed E-state index contributed by atoms with van der Waals surface area (Å²) in [6, 6.07) is 5.89. The summed E-state index contributed by atoms with van der Waals surface area (Å²) in [5.41, 5.74) is 0.966. The Labute approximate surface area is 141 Å². The number of hydrogen-bond donors (Lipinski definition) is 1. The summed E-state index contributed by atoms with van der Waals surface area (Å²) in [7, 11) is 0. The maximum atomic E-state index is 12.5. The number of halogens is 1. The van der Waals surface area contributed by atoms with Crippen molar-refractivity contribution in [2.24, 2.45) is 5.41 Å². The van der Waals surface area contributed by atoms with Gasteiger partial charge < -0.3 is 10.2 Å². The van der Waals surface area contributed by atoms with Crippen molar-refractivity contribution in [2.45, 2.75) is 25.7 Å². The van der Waals surface area contributed by atoms with Crippen LogP contribution in [0.5, 0.6) is 0 Å². The highest BCUT2D eigenvalue weighted by Crippen LogP contribution is 2.39. The van der Waals surface area contributed by atoms with E-state index in [-0.39, 0.29) is 24.0 Å². The number of piperidine rings is 2. The highest BCUT2D eigenvalue weighted by atomic mass is 35.5. The van der Waals surface area contributed by atoms with Crippen LogP contribution in [0.2, 0.25) is 0 Å². The van der Waals surface area contributed by atoms with Crippen LogP contribution in [0.1, 0.15) is 36.0 Å². The lowest BCUT2D eigenvalue weighted by Gasteiger charge is -2.44. The molecule has 1 aromatic carbocycles. The molecule has 0 aliphatic carbocycles. The Balaban J connectivity index is 0.00000192. The average Bonchev–Trinajstić information content (AvgIpc) is 2.56. The second kappa shape index (κ2) is 7.27. The molecular formula is C16H22ClN3O3. The van der Waals surface area contributed by atoms with Gasteiger partial charge in [0.25, 0.3) is 11.6 Å². The van der Waals surface area contributed by atoms with Gasteiger partial charge in [0, 0.05) is 30.8 Å². The van der Waals surface area contributed by atoms with E-state index in [0.717, 1.165) is 39.0 Å². The van der Waals surface area contributed by atoms with Crippen molar-refractivity contribution < 1.29 is 9.72 Å². The largest absolute Gasteiger partial charge is 0.339 e. The minimum absolute atomic E-state index is 0. The molecule has 0 atom stereocenters. The number of carbonyl (C=O) groups is 1. The van der Waals surface area contributed by atoms with Gasteiger partial charge in [-0.3, -0.25) is 14.9 Å². The van der Waals surface area contributed by atoms with Crippen molar-refractivity contribution in [3.05, 3.63) is 39.9 Å². The molecule has 0 bridgehead atoms. The number of nitro groups is 1. The smallest absolute Gasteiger partial charge is 0.269 e. The Kier molecular flexibility index (Phi) is 5.59. The molecule has 0 aromatic heterocycles. The van der Waals surface area contributed by atoms with E-state index in [1.165, 1.54) is 25.0 Å². The molecule has 2 aliphatic rings. The molecule has 2 aliphatic heterocycles. The molecule has 126 valence electrons. The van der Waals surface area contributed by atoms with E-state index in [1.807, 2.05) is 4.90 Å². The van der Waals surface area contributed by atoms with Gasteiger partial charge in [-0.25, -0.2) is 0 Å². The molecule has 2 heterocycles. The van der Waals surface area contributed by atoms with E-state index in [2.05, 4.69) is 5.32 Å². The fourth-order valence-corrected chi connectivity index (χ4v) is 3.55. The van der Waals surface area contributed by atoms with Gasteiger partial charge in [-0.2, -0.15) is 0 Å². The van der Waals surface area contributed by atoms with Crippen LogP contribution in [0, 0.1) is 15.5 Å². The molecule has 1 aromatic rings. The van der Waals surface area contributed by atoms with Crippen LogP contribution in [0.4, 0.5) is 5.69 Å². The molecule has 1 spiro atoms. The summed E-state index contributed by atoms with van der Waals surface area (Å²) < 4.78 is 0. The molecule has 0 unspecified atom stereocenters. The molecule has 6 nitrogen and oxygen atoms in total. The molecule has 1 N–H and O–H groups in total. The van der Waals surface area contributed by atoms with E-state index in [0.29, 0.717) is 11.0 Å². The highest BCUT2D eigenvalue weighted by molar-refractivity contribution is 5.94. The molecule has 7 heteroatoms. The lowest BCUT2D eigenvalue weighted by molar-refractivity contribution is -0.384. The fraction of sp³-hybridized carbons (Fsp3) is 0.562. The maximum Gasteiger partial charge on any atom is 0.269 e. The first-order valence-corrected chi connectivity index (χ1v) is 7.84. The van der Waals surface area contributed by atoms with Gasteiger partial charge in [-0.15, -0.1) is 12.4 Å². The number of hydrogen-bond acceptors (Lipinski definition) is 4. The van der Waals surface area contributed by atoms with E-state index in [4.69, 9.17) is 0 Å². The zero-order valence-corrected chi connectivity index (χ0v) is 13.8. The van der Waals surface area contributed by atoms with Gasteiger partial charge in [-0.05, 0) is 56.3 Å². The second-order valence-electron chi connectivity index (χ2n) is 6.35. The van der Waals surface area contributed by atoms with Crippen LogP contribution in [-0.2, 0) is 0 Å². The number of likely N-dealkylation sites (tertiary alicyclic amines) is 1. The van der Waals surface area contributed by atoms with Crippen molar-refractivity contribution in [3.8, 4) is 0 Å². The quantitative estimate of drug-likeness (QED) is 0.664. The summed E-state index contributed by atoms with van der Waals surface area (Å²) >= 11 is 0. The minimum atomic E-state index is -0.448. The van der Waals surface area contributed by atoms with Crippen LogP contribution >= 0.6 is 12.4 Å². The van der Waals surface area contributed by atoms with Crippen LogP contribution in [0.15, 0.2) is 24.3 Å². The topological polar surface area (TPSA) is 75.5 Å². The van der Waals surface area contributed by atoms with Gasteiger partial charge in [0.1, 0.15) is 0 Å². The maximum absolute atomic E-state index is 12.5. The van der Waals surface area contributed by atoms with Crippen molar-refractivity contribution in [3.63, 3.8) is 0 Å². The Morgan fingerprint density at radius 3 is 2.17 bits per heavy atom. The second-order valence-corrected chi connectivity index (χ2v) is 6.35. The summed E-state index contributed by atoms with van der Waals surface area (Å²) in [6.07, 6.45) is 4.53. The highest BCUT2D eigenvalue weighted by Gasteiger charge is 2.36. The molecule has 0 saturated carbocycles. The number of benzene rings is 1. The standard InChI is InChI=1S/C16H21N3O3.ClH/c20-15(13-1-3-14(4-2-13)19(21)22)18-11-7-16(8-12-18)5-9-17-10-6-16;/h1-4,17H,5-12H2;1H. The normalized spacial score (nSPS) is 19.9. The number of non-ortho nitro benzene ring substituents is 1. The van der Waals surface area contributed by atoms with E-state index < -0.39 is 4.92 Å². The van der Waals surface area contributed by atoms with E-state index in [1.54, 1.807) is 12.1 Å². The number of rotatable bonds is 2. The summed E-state index contributed by atoms with van der Waals surface area (Å²) in [6.45, 7) is 3.73. The number of carbonyl (C=O) groups excluding carboxylic acids is 1. The summed E-state index contributed by atoms with van der Waals surface area (Å²) in [5.74, 6) is -0.0151. The molecular weight excluding hydrogens is 318 g/mol. The van der Waals surface area contributed by atoms with Gasteiger partial charge in [0.15, 0.2) is 0 Å². The number of nitrogens with zero attached hydrogens (tertiary/aromatic N) is 2. The zero-order valence-electron chi connectivity index (χ0n) is 13.0. The van der Waals surface area contributed by atoms with Gasteiger partial charge in [-0.1, -0.05) is 0 Å². The van der Waals surface area contributed by atoms with Crippen molar-refractivity contribution in [1.29, 1.82) is 0 Å². The third-order valence-electron chi connectivity index (χ3n) is 5.10. The lowest BCUT2D eigenvalue weighted by Crippen LogP contribution is -2.47. The fourth-order valence-electron chi connectivity index (χ4n) is 3.55. The third kappa shape index (κ3) is 3.82. The Morgan fingerprint density at radius 1 is 1.09 bits per heavy atom. The van der Waals surface area contributed by atoms with Crippen LogP contribution in [0.3, 0.4) is 0 Å². The van der Waals surface area contributed by atoms with E-state index >= 15 is 0 Å². The van der Waals surface area contributed by atoms with Gasteiger partial charge >= 0.3 is 0 Å². The average molecular weight is 340 g/mol. The number of nitro benzene ring substituents is 1. The first-order valence-electron chi connectivity index (χ1n) is 7.84. The Morgan fingerprint density at radius 2 is 1.65 bits per heavy atom. The predicted octanol–water partition coefficient (Wildman–Crippen LogP) is 2.62. The first kappa shape index (κ1) is 17.7. The predicted molar refractivity (Wildman–Crippen MR) is 90.0 cm³/mol. The first-order chi connectivity index (χ1) is 10.6. The SMILES string of the molecule is Cl.O=C(c1ccc([N+](=O)[O-])cc1)N1CCC2(CCNCC2)CC1. The lowest BCUT2D eigenvalue weighted by atomic mass is 9.71. The summed E-state index contributed by atoms with van der Waals surface area (Å²) in [5, 5.41) is 14.1. The van der Waals surface area contributed by atoms with Gasteiger partial charge in [0.2, 0.25) is 0 Å². The van der Waals surface area contributed by atoms with Gasteiger partial charge in [0.05, 0.1) is 4.92 Å². The monoisotopic (exact) mass is 339 g/mol. The third-order valence-corrected chi connectivity index (χ3v) is 5.10. The molecule has 0 radical (unpaired) electrons. The Hall–Kier alpha value is -1.66.